The topological polar surface area (TPSA) is 107 Å². The first-order valence-corrected chi connectivity index (χ1v) is 8.93. The molecule has 3 aromatic rings. The lowest BCUT2D eigenvalue weighted by Gasteiger charge is -2.10. The number of hydrogen-bond donors (Lipinski definition) is 2. The minimum absolute atomic E-state index is 0.0680. The fraction of sp³-hybridized carbons (Fsp3) is 0.200. The number of carbonyl (C=O) groups is 2. The van der Waals surface area contributed by atoms with Gasteiger partial charge in [0.15, 0.2) is 5.82 Å². The van der Waals surface area contributed by atoms with Crippen molar-refractivity contribution < 1.29 is 19.1 Å². The van der Waals surface area contributed by atoms with Crippen LogP contribution in [0.1, 0.15) is 12.5 Å². The van der Waals surface area contributed by atoms with Gasteiger partial charge >= 0.3 is 0 Å². The number of ether oxygens (including phenoxy) is 2. The van der Waals surface area contributed by atoms with Gasteiger partial charge in [0, 0.05) is 17.3 Å². The molecule has 1 aliphatic rings. The van der Waals surface area contributed by atoms with Gasteiger partial charge in [0.25, 0.3) is 5.91 Å². The van der Waals surface area contributed by atoms with Crippen molar-refractivity contribution >= 4 is 23.5 Å². The standard InChI is InChI=1S/C20H19N5O4/c1-28-14-8-6-12(7-9-14)18-22-20-23-19(27)16(25(20)24-18)11-17(26)21-13-4-3-5-15(10-13)29-2/h3-10,16H,11H2,1-2H3,(H,21,26)(H,22,23,24,27)/t16-/m1/s1. The average Bonchev–Trinajstić information content (AvgIpc) is 3.26. The van der Waals surface area contributed by atoms with E-state index < -0.39 is 6.04 Å². The van der Waals surface area contributed by atoms with E-state index in [4.69, 9.17) is 9.47 Å². The maximum absolute atomic E-state index is 12.5. The third-order valence-electron chi connectivity index (χ3n) is 4.54. The van der Waals surface area contributed by atoms with Crippen molar-refractivity contribution in [2.45, 2.75) is 12.5 Å². The average molecular weight is 393 g/mol. The molecule has 0 aliphatic carbocycles. The molecule has 29 heavy (non-hydrogen) atoms. The zero-order valence-corrected chi connectivity index (χ0v) is 15.9. The van der Waals surface area contributed by atoms with Crippen LogP contribution in [0.5, 0.6) is 11.5 Å². The lowest BCUT2D eigenvalue weighted by atomic mass is 10.2. The van der Waals surface area contributed by atoms with Crippen molar-refractivity contribution in [1.82, 2.24) is 14.8 Å². The van der Waals surface area contributed by atoms with Gasteiger partial charge in [-0.1, -0.05) is 6.07 Å². The smallest absolute Gasteiger partial charge is 0.252 e. The second-order valence-electron chi connectivity index (χ2n) is 6.42. The zero-order valence-electron chi connectivity index (χ0n) is 15.9. The van der Waals surface area contributed by atoms with Crippen LogP contribution in [0, 0.1) is 0 Å². The number of hydrogen-bond acceptors (Lipinski definition) is 6. The van der Waals surface area contributed by atoms with Crippen LogP contribution in [-0.2, 0) is 9.59 Å². The van der Waals surface area contributed by atoms with Gasteiger partial charge < -0.3 is 14.8 Å². The summed E-state index contributed by atoms with van der Waals surface area (Å²) in [6.07, 6.45) is -0.0680. The van der Waals surface area contributed by atoms with Gasteiger partial charge in [-0.2, -0.15) is 4.98 Å². The Morgan fingerprint density at radius 3 is 2.62 bits per heavy atom. The highest BCUT2D eigenvalue weighted by molar-refractivity contribution is 6.01. The quantitative estimate of drug-likeness (QED) is 0.666. The van der Waals surface area contributed by atoms with Gasteiger partial charge in [0.1, 0.15) is 17.5 Å². The largest absolute Gasteiger partial charge is 0.497 e. The molecule has 2 aromatic carbocycles. The summed E-state index contributed by atoms with van der Waals surface area (Å²) in [5, 5.41) is 9.86. The molecule has 0 radical (unpaired) electrons. The highest BCUT2D eigenvalue weighted by atomic mass is 16.5. The predicted octanol–water partition coefficient (Wildman–Crippen LogP) is 2.48. The van der Waals surface area contributed by atoms with E-state index >= 15 is 0 Å². The molecule has 4 rings (SSSR count). The number of amides is 2. The number of aromatic nitrogens is 3. The molecule has 1 aliphatic heterocycles. The van der Waals surface area contributed by atoms with Crippen LogP contribution in [0.15, 0.2) is 48.5 Å². The van der Waals surface area contributed by atoms with Crippen LogP contribution in [0.4, 0.5) is 11.6 Å². The molecule has 0 saturated heterocycles. The Hall–Kier alpha value is -3.88. The van der Waals surface area contributed by atoms with Crippen molar-refractivity contribution in [3.05, 3.63) is 48.5 Å². The van der Waals surface area contributed by atoms with Crippen LogP contribution < -0.4 is 20.1 Å². The van der Waals surface area contributed by atoms with Crippen LogP contribution >= 0.6 is 0 Å². The molecular formula is C20H19N5O4. The van der Waals surface area contributed by atoms with E-state index in [1.807, 2.05) is 12.1 Å². The van der Waals surface area contributed by atoms with Crippen molar-refractivity contribution in [1.29, 1.82) is 0 Å². The lowest BCUT2D eigenvalue weighted by molar-refractivity contribution is -0.123. The first-order valence-electron chi connectivity index (χ1n) is 8.93. The number of anilines is 2. The number of nitrogens with one attached hydrogen (secondary N) is 2. The van der Waals surface area contributed by atoms with Gasteiger partial charge in [-0.3, -0.25) is 14.9 Å². The summed E-state index contributed by atoms with van der Waals surface area (Å²) >= 11 is 0. The van der Waals surface area contributed by atoms with E-state index in [1.54, 1.807) is 50.6 Å². The molecule has 1 aromatic heterocycles. The number of nitrogens with zero attached hydrogens (tertiary/aromatic N) is 3. The monoisotopic (exact) mass is 393 g/mol. The van der Waals surface area contributed by atoms with E-state index in [1.165, 1.54) is 4.68 Å². The Kier molecular flexibility index (Phi) is 4.86. The van der Waals surface area contributed by atoms with Crippen LogP contribution in [0.2, 0.25) is 0 Å². The minimum Gasteiger partial charge on any atom is -0.497 e. The van der Waals surface area contributed by atoms with Gasteiger partial charge in [-0.05, 0) is 36.4 Å². The molecule has 148 valence electrons. The molecule has 1 atom stereocenters. The second-order valence-corrected chi connectivity index (χ2v) is 6.42. The Morgan fingerprint density at radius 2 is 1.90 bits per heavy atom. The van der Waals surface area contributed by atoms with E-state index in [0.29, 0.717) is 23.2 Å². The SMILES string of the molecule is COc1ccc(-c2nc3n(n2)[C@H](CC(=O)Nc2cccc(OC)c2)C(=O)N3)cc1. The van der Waals surface area contributed by atoms with Gasteiger partial charge in [0.05, 0.1) is 20.6 Å². The first kappa shape index (κ1) is 18.5. The molecule has 0 spiro atoms. The highest BCUT2D eigenvalue weighted by Crippen LogP contribution is 2.29. The summed E-state index contributed by atoms with van der Waals surface area (Å²) in [4.78, 5) is 29.1. The molecule has 2 heterocycles. The molecule has 9 nitrogen and oxygen atoms in total. The molecular weight excluding hydrogens is 374 g/mol. The van der Waals surface area contributed by atoms with Crippen molar-refractivity contribution in [2.24, 2.45) is 0 Å². The summed E-state index contributed by atoms with van der Waals surface area (Å²) < 4.78 is 11.7. The Morgan fingerprint density at radius 1 is 1.14 bits per heavy atom. The summed E-state index contributed by atoms with van der Waals surface area (Å²) in [5.74, 6) is 1.50. The predicted molar refractivity (Wildman–Crippen MR) is 106 cm³/mol. The zero-order chi connectivity index (χ0) is 20.4. The van der Waals surface area contributed by atoms with E-state index in [0.717, 1.165) is 11.3 Å². The molecule has 0 bridgehead atoms. The molecule has 0 fully saturated rings. The number of carbonyl (C=O) groups excluding carboxylic acids is 2. The number of benzene rings is 2. The summed E-state index contributed by atoms with van der Waals surface area (Å²) in [6.45, 7) is 0. The van der Waals surface area contributed by atoms with E-state index in [2.05, 4.69) is 20.7 Å². The molecule has 2 N–H and O–H groups in total. The van der Waals surface area contributed by atoms with Crippen molar-refractivity contribution in [2.75, 3.05) is 24.9 Å². The summed E-state index contributed by atoms with van der Waals surface area (Å²) in [6, 6.07) is 13.5. The number of methoxy groups -OCH3 is 2. The van der Waals surface area contributed by atoms with Crippen molar-refractivity contribution in [3.8, 4) is 22.9 Å². The van der Waals surface area contributed by atoms with Crippen LogP contribution in [0.25, 0.3) is 11.4 Å². The fourth-order valence-corrected chi connectivity index (χ4v) is 3.06. The maximum atomic E-state index is 12.5. The van der Waals surface area contributed by atoms with E-state index in [9.17, 15) is 9.59 Å². The summed E-state index contributed by atoms with van der Waals surface area (Å²) in [5.41, 5.74) is 1.37. The summed E-state index contributed by atoms with van der Waals surface area (Å²) in [7, 11) is 3.14. The number of fused-ring (bicyclic) bond motifs is 1. The van der Waals surface area contributed by atoms with E-state index in [-0.39, 0.29) is 18.2 Å². The minimum atomic E-state index is -0.768. The highest BCUT2D eigenvalue weighted by Gasteiger charge is 2.35. The van der Waals surface area contributed by atoms with Gasteiger partial charge in [0.2, 0.25) is 11.9 Å². The third kappa shape index (κ3) is 3.75. The van der Waals surface area contributed by atoms with Crippen LogP contribution in [-0.4, -0.2) is 40.8 Å². The molecule has 9 heteroatoms. The first-order chi connectivity index (χ1) is 14.1. The van der Waals surface area contributed by atoms with Gasteiger partial charge in [-0.15, -0.1) is 5.10 Å². The fourth-order valence-electron chi connectivity index (χ4n) is 3.06. The Balaban J connectivity index is 1.50. The molecule has 2 amide bonds. The normalized spacial score (nSPS) is 14.8. The number of rotatable bonds is 6. The van der Waals surface area contributed by atoms with Crippen molar-refractivity contribution in [3.63, 3.8) is 0 Å². The maximum Gasteiger partial charge on any atom is 0.252 e. The molecule has 0 saturated carbocycles. The Labute approximate surface area is 166 Å². The second kappa shape index (κ2) is 7.63. The van der Waals surface area contributed by atoms with Gasteiger partial charge in [-0.25, -0.2) is 4.68 Å². The third-order valence-corrected chi connectivity index (χ3v) is 4.54. The lowest BCUT2D eigenvalue weighted by Crippen LogP contribution is -2.23. The molecule has 0 unspecified atom stereocenters. The van der Waals surface area contributed by atoms with Crippen LogP contribution in [0.3, 0.4) is 0 Å². The Bertz CT molecular complexity index is 1060.